The van der Waals surface area contributed by atoms with E-state index in [1.807, 2.05) is 30.3 Å². The zero-order valence-corrected chi connectivity index (χ0v) is 24.8. The average molecular weight is 666 g/mol. The van der Waals surface area contributed by atoms with Gasteiger partial charge in [0.2, 0.25) is 0 Å². The molecule has 0 amide bonds. The van der Waals surface area contributed by atoms with Crippen LogP contribution in [0.2, 0.25) is 0 Å². The number of fused-ring (bicyclic) bond motifs is 2. The third-order valence-electron chi connectivity index (χ3n) is 5.95. The summed E-state index contributed by atoms with van der Waals surface area (Å²) in [5.74, 6) is -0.686. The van der Waals surface area contributed by atoms with Crippen LogP contribution in [0.15, 0.2) is 93.5 Å². The molecule has 0 aliphatic carbocycles. The van der Waals surface area contributed by atoms with E-state index in [4.69, 9.17) is 42.3 Å². The molecule has 14 N–H and O–H groups in total. The van der Waals surface area contributed by atoms with Gasteiger partial charge < -0.3 is 33.8 Å². The molecule has 0 spiro atoms. The van der Waals surface area contributed by atoms with Gasteiger partial charge >= 0.3 is 0 Å². The second kappa shape index (κ2) is 12.4. The topological polar surface area (TPSA) is 313 Å². The molecule has 0 heterocycles. The Bertz CT molecular complexity index is 2210. The van der Waals surface area contributed by atoms with Gasteiger partial charge in [0.1, 0.15) is 15.5 Å². The van der Waals surface area contributed by atoms with Gasteiger partial charge in [0.15, 0.2) is 0 Å². The van der Waals surface area contributed by atoms with Crippen LogP contribution in [0.5, 0.6) is 5.75 Å². The fraction of sp³-hybridized carbons (Fsp3) is 0. The molecule has 0 unspecified atom stereocenters. The summed E-state index contributed by atoms with van der Waals surface area (Å²) in [5.41, 5.74) is 28.4. The molecular formula is C26H27N5O10S3. The number of para-hydroxylation sites is 1. The van der Waals surface area contributed by atoms with E-state index >= 15 is 0 Å². The molecule has 0 aliphatic heterocycles. The lowest BCUT2D eigenvalue weighted by Gasteiger charge is -2.11. The third kappa shape index (κ3) is 7.75. The zero-order chi connectivity index (χ0) is 33.2. The highest BCUT2D eigenvalue weighted by atomic mass is 32.2. The van der Waals surface area contributed by atoms with E-state index in [2.05, 4.69) is 0 Å². The van der Waals surface area contributed by atoms with Crippen molar-refractivity contribution in [1.82, 2.24) is 0 Å². The van der Waals surface area contributed by atoms with E-state index in [0.29, 0.717) is 22.1 Å². The van der Waals surface area contributed by atoms with Crippen LogP contribution in [-0.2, 0) is 30.4 Å². The normalized spacial score (nSPS) is 11.7. The number of rotatable bonds is 3. The maximum absolute atomic E-state index is 11.2. The first-order valence-electron chi connectivity index (χ1n) is 11.9. The van der Waals surface area contributed by atoms with E-state index in [9.17, 15) is 30.4 Å². The number of nitrogens with two attached hydrogens (primary N) is 5. The molecule has 5 aromatic rings. The van der Waals surface area contributed by atoms with E-state index in [-0.39, 0.29) is 21.4 Å². The van der Waals surface area contributed by atoms with Crippen LogP contribution < -0.4 is 28.7 Å². The first-order chi connectivity index (χ1) is 20.2. The predicted molar refractivity (Wildman–Crippen MR) is 168 cm³/mol. The van der Waals surface area contributed by atoms with Gasteiger partial charge in [-0.15, -0.1) is 0 Å². The number of nitrogen functional groups attached to an aromatic ring is 5. The largest absolute Gasteiger partial charge is 0.505 e. The maximum atomic E-state index is 11.2. The number of hydrogen-bond acceptors (Lipinski definition) is 12. The Balaban J connectivity index is 0.000000202. The Morgan fingerprint density at radius 1 is 0.500 bits per heavy atom. The van der Waals surface area contributed by atoms with Gasteiger partial charge in [0.05, 0.1) is 16.3 Å². The molecule has 44 heavy (non-hydrogen) atoms. The van der Waals surface area contributed by atoms with E-state index in [1.165, 1.54) is 18.2 Å². The van der Waals surface area contributed by atoms with Crippen molar-refractivity contribution in [3.8, 4) is 5.75 Å². The molecular weight excluding hydrogens is 639 g/mol. The van der Waals surface area contributed by atoms with Crippen molar-refractivity contribution in [3.63, 3.8) is 0 Å². The number of benzene rings is 5. The summed E-state index contributed by atoms with van der Waals surface area (Å²) in [6.07, 6.45) is 0. The molecule has 0 saturated carbocycles. The van der Waals surface area contributed by atoms with Crippen molar-refractivity contribution < 1.29 is 44.0 Å². The summed E-state index contributed by atoms with van der Waals surface area (Å²) in [4.78, 5) is -1.66. The minimum absolute atomic E-state index is 0.0372. The van der Waals surface area contributed by atoms with Gasteiger partial charge in [-0.2, -0.15) is 25.3 Å². The molecule has 0 radical (unpaired) electrons. The number of anilines is 5. The second-order valence-electron chi connectivity index (χ2n) is 9.04. The van der Waals surface area contributed by atoms with Crippen molar-refractivity contribution >= 4 is 80.3 Å². The molecule has 18 heteroatoms. The van der Waals surface area contributed by atoms with Crippen molar-refractivity contribution in [2.75, 3.05) is 28.7 Å². The van der Waals surface area contributed by atoms with Crippen molar-refractivity contribution in [3.05, 3.63) is 78.9 Å². The lowest BCUT2D eigenvalue weighted by Crippen LogP contribution is -2.06. The van der Waals surface area contributed by atoms with Crippen LogP contribution >= 0.6 is 0 Å². The van der Waals surface area contributed by atoms with Crippen molar-refractivity contribution in [2.24, 2.45) is 0 Å². The van der Waals surface area contributed by atoms with Gasteiger partial charge in [-0.25, -0.2) is 0 Å². The fourth-order valence-corrected chi connectivity index (χ4v) is 5.63. The molecule has 15 nitrogen and oxygen atoms in total. The molecule has 5 aromatic carbocycles. The van der Waals surface area contributed by atoms with Crippen molar-refractivity contribution in [2.45, 2.75) is 14.7 Å². The van der Waals surface area contributed by atoms with Crippen LogP contribution in [-0.4, -0.2) is 44.0 Å². The first-order valence-corrected chi connectivity index (χ1v) is 16.2. The number of phenolic OH excluding ortho intramolecular Hbond substituents is 1. The summed E-state index contributed by atoms with van der Waals surface area (Å²) in [6.45, 7) is 0. The Morgan fingerprint density at radius 3 is 1.50 bits per heavy atom. The Morgan fingerprint density at radius 2 is 1.02 bits per heavy atom. The van der Waals surface area contributed by atoms with Crippen LogP contribution in [0.3, 0.4) is 0 Å². The van der Waals surface area contributed by atoms with Crippen LogP contribution in [0.1, 0.15) is 0 Å². The predicted octanol–water partition coefficient (Wildman–Crippen LogP) is 2.72. The highest BCUT2D eigenvalue weighted by Gasteiger charge is 2.22. The van der Waals surface area contributed by atoms with Crippen LogP contribution in [0.25, 0.3) is 21.5 Å². The van der Waals surface area contributed by atoms with Crippen LogP contribution in [0, 0.1) is 0 Å². The summed E-state index contributed by atoms with van der Waals surface area (Å²) >= 11 is 0. The Labute approximate surface area is 251 Å². The van der Waals surface area contributed by atoms with E-state index in [1.54, 1.807) is 12.1 Å². The lowest BCUT2D eigenvalue weighted by molar-refractivity contribution is 0.473. The van der Waals surface area contributed by atoms with Gasteiger partial charge in [-0.3, -0.25) is 13.7 Å². The quantitative estimate of drug-likeness (QED) is 0.0760. The molecule has 0 aromatic heterocycles. The molecule has 5 rings (SSSR count). The molecule has 234 valence electrons. The lowest BCUT2D eigenvalue weighted by atomic mass is 10.1. The third-order valence-corrected chi connectivity index (χ3v) is 8.61. The number of aromatic hydroxyl groups is 1. The second-order valence-corrected chi connectivity index (χ2v) is 13.2. The summed E-state index contributed by atoms with van der Waals surface area (Å²) in [7, 11) is -13.6. The number of phenols is 1. The highest BCUT2D eigenvalue weighted by Crippen LogP contribution is 2.39. The highest BCUT2D eigenvalue weighted by molar-refractivity contribution is 7.86. The van der Waals surface area contributed by atoms with E-state index < -0.39 is 51.6 Å². The van der Waals surface area contributed by atoms with Crippen LogP contribution in [0.4, 0.5) is 28.4 Å². The molecule has 0 aliphatic rings. The van der Waals surface area contributed by atoms with Gasteiger partial charge in [-0.05, 0) is 60.0 Å². The minimum Gasteiger partial charge on any atom is -0.505 e. The number of hydrogen-bond donors (Lipinski definition) is 9. The zero-order valence-electron chi connectivity index (χ0n) is 22.4. The fourth-order valence-electron chi connectivity index (χ4n) is 3.84. The summed E-state index contributed by atoms with van der Waals surface area (Å²) in [5, 5.41) is 10.9. The van der Waals surface area contributed by atoms with Crippen molar-refractivity contribution in [1.29, 1.82) is 0 Å². The minimum atomic E-state index is -4.73. The standard InChI is InChI=1S/C10H10N2O7S2.C10H10N2O3S.C6H7N/c11-6-3-5-4(1-7(6)20(14,15)16)2-8(21(17,18)19)9(12)10(5)13;11-9-3-4-10(12)8-5-6(16(13,14)15)1-2-7(8)9;7-6-4-2-1-3-5-6/h1-3,13H,11-12H2,(H,14,15,16)(H,17,18,19);1-5H,11-12H2,(H,13,14,15);1-5H,7H2. The van der Waals surface area contributed by atoms with Gasteiger partial charge in [-0.1, -0.05) is 24.3 Å². The first kappa shape index (κ1) is 33.6. The van der Waals surface area contributed by atoms with Gasteiger partial charge in [0, 0.05) is 33.2 Å². The Kier molecular flexibility index (Phi) is 9.49. The summed E-state index contributed by atoms with van der Waals surface area (Å²) in [6, 6.07) is 19.5. The Hall–Kier alpha value is -4.85. The SMILES string of the molecule is Nc1cc2c(O)c(N)c(S(=O)(=O)O)cc2cc1S(=O)(=O)O.Nc1ccc(N)c2cc(S(=O)(=O)O)ccc12.Nc1ccccc1. The molecule has 0 saturated heterocycles. The molecule has 0 atom stereocenters. The average Bonchev–Trinajstić information content (AvgIpc) is 2.92. The monoisotopic (exact) mass is 665 g/mol. The smallest absolute Gasteiger partial charge is 0.296 e. The molecule has 0 fully saturated rings. The van der Waals surface area contributed by atoms with Gasteiger partial charge in [0.25, 0.3) is 30.4 Å². The summed E-state index contributed by atoms with van der Waals surface area (Å²) < 4.78 is 93.5. The maximum Gasteiger partial charge on any atom is 0.296 e. The van der Waals surface area contributed by atoms with E-state index in [0.717, 1.165) is 23.9 Å². The molecule has 0 bridgehead atoms.